The number of amides is 2. The molecule has 2 amide bonds. The molecule has 6 heteroatoms. The number of hydrogen-bond acceptors (Lipinski definition) is 4. The van der Waals surface area contributed by atoms with Gasteiger partial charge in [-0.15, -0.1) is 0 Å². The second-order valence-corrected chi connectivity index (χ2v) is 4.18. The summed E-state index contributed by atoms with van der Waals surface area (Å²) in [7, 11) is 0. The van der Waals surface area contributed by atoms with E-state index in [0.29, 0.717) is 22.8 Å². The lowest BCUT2D eigenvalue weighted by Crippen LogP contribution is -2.12. The number of benzene rings is 1. The molecule has 0 aliphatic rings. The molecule has 2 aromatic rings. The van der Waals surface area contributed by atoms with E-state index in [9.17, 15) is 9.59 Å². The molecule has 1 aromatic carbocycles. The quantitative estimate of drug-likeness (QED) is 0.793. The van der Waals surface area contributed by atoms with E-state index in [1.54, 1.807) is 30.3 Å². The van der Waals surface area contributed by atoms with Crippen molar-refractivity contribution in [3.63, 3.8) is 0 Å². The van der Waals surface area contributed by atoms with Gasteiger partial charge in [0.1, 0.15) is 5.82 Å². The van der Waals surface area contributed by atoms with Crippen molar-refractivity contribution >= 4 is 29.0 Å². The second kappa shape index (κ2) is 5.83. The van der Waals surface area contributed by atoms with E-state index < -0.39 is 0 Å². The summed E-state index contributed by atoms with van der Waals surface area (Å²) in [4.78, 5) is 26.7. The van der Waals surface area contributed by atoms with E-state index in [0.717, 1.165) is 0 Å². The fourth-order valence-electron chi connectivity index (χ4n) is 1.63. The first-order valence-corrected chi connectivity index (χ1v) is 5.95. The molecule has 0 saturated carbocycles. The Morgan fingerprint density at radius 2 is 1.65 bits per heavy atom. The highest BCUT2D eigenvalue weighted by Gasteiger charge is 2.06. The smallest absolute Gasteiger partial charge is 0.255 e. The van der Waals surface area contributed by atoms with Gasteiger partial charge in [-0.25, -0.2) is 4.98 Å². The molecule has 0 aliphatic carbocycles. The largest absolute Gasteiger partial charge is 0.384 e. The number of carbonyl (C=O) groups is 2. The number of aromatic nitrogens is 1. The summed E-state index contributed by atoms with van der Waals surface area (Å²) in [5.41, 5.74) is 7.25. The molecule has 2 rings (SSSR count). The SMILES string of the molecule is CC(=O)Nc1ccc(NC(=O)c2ccnc(N)c2)cc1. The highest BCUT2D eigenvalue weighted by molar-refractivity contribution is 6.04. The minimum atomic E-state index is -0.272. The van der Waals surface area contributed by atoms with Crippen LogP contribution in [-0.4, -0.2) is 16.8 Å². The van der Waals surface area contributed by atoms with Crippen molar-refractivity contribution in [3.05, 3.63) is 48.2 Å². The third kappa shape index (κ3) is 3.55. The Morgan fingerprint density at radius 1 is 1.05 bits per heavy atom. The number of nitrogens with one attached hydrogen (secondary N) is 2. The Morgan fingerprint density at radius 3 is 2.20 bits per heavy atom. The topological polar surface area (TPSA) is 97.1 Å². The third-order valence-corrected chi connectivity index (χ3v) is 2.51. The van der Waals surface area contributed by atoms with Gasteiger partial charge in [-0.1, -0.05) is 0 Å². The van der Waals surface area contributed by atoms with Crippen LogP contribution in [0.15, 0.2) is 42.6 Å². The minimum Gasteiger partial charge on any atom is -0.384 e. The highest BCUT2D eigenvalue weighted by Crippen LogP contribution is 2.15. The molecule has 0 atom stereocenters. The van der Waals surface area contributed by atoms with Crippen molar-refractivity contribution in [2.45, 2.75) is 6.92 Å². The van der Waals surface area contributed by atoms with Crippen molar-refractivity contribution in [2.24, 2.45) is 0 Å². The summed E-state index contributed by atoms with van der Waals surface area (Å²) < 4.78 is 0. The molecule has 20 heavy (non-hydrogen) atoms. The molecule has 0 unspecified atom stereocenters. The average molecular weight is 270 g/mol. The fourth-order valence-corrected chi connectivity index (χ4v) is 1.63. The molecular weight excluding hydrogens is 256 g/mol. The van der Waals surface area contributed by atoms with E-state index in [4.69, 9.17) is 5.73 Å². The molecule has 1 heterocycles. The van der Waals surface area contributed by atoms with Crippen LogP contribution < -0.4 is 16.4 Å². The molecule has 4 N–H and O–H groups in total. The number of rotatable bonds is 3. The van der Waals surface area contributed by atoms with Crippen LogP contribution in [0.3, 0.4) is 0 Å². The van der Waals surface area contributed by atoms with E-state index in [1.165, 1.54) is 19.2 Å². The second-order valence-electron chi connectivity index (χ2n) is 4.18. The van der Waals surface area contributed by atoms with Gasteiger partial charge in [0, 0.05) is 30.1 Å². The molecule has 0 aliphatic heterocycles. The van der Waals surface area contributed by atoms with Crippen LogP contribution >= 0.6 is 0 Å². The third-order valence-electron chi connectivity index (χ3n) is 2.51. The van der Waals surface area contributed by atoms with E-state index in [2.05, 4.69) is 15.6 Å². The van der Waals surface area contributed by atoms with Crippen LogP contribution in [0.1, 0.15) is 17.3 Å². The van der Waals surface area contributed by atoms with Crippen molar-refractivity contribution in [1.29, 1.82) is 0 Å². The molecule has 0 spiro atoms. The number of nitrogens with zero attached hydrogens (tertiary/aromatic N) is 1. The number of hydrogen-bond donors (Lipinski definition) is 3. The average Bonchev–Trinajstić information content (AvgIpc) is 2.40. The summed E-state index contributed by atoms with van der Waals surface area (Å²) in [6.07, 6.45) is 1.48. The number of nitrogen functional groups attached to an aromatic ring is 1. The van der Waals surface area contributed by atoms with Gasteiger partial charge in [0.05, 0.1) is 0 Å². The Kier molecular flexibility index (Phi) is 3.95. The van der Waals surface area contributed by atoms with Gasteiger partial charge in [0.15, 0.2) is 0 Å². The van der Waals surface area contributed by atoms with Crippen molar-refractivity contribution < 1.29 is 9.59 Å². The van der Waals surface area contributed by atoms with Crippen molar-refractivity contribution in [3.8, 4) is 0 Å². The lowest BCUT2D eigenvalue weighted by Gasteiger charge is -2.07. The standard InChI is InChI=1S/C14H14N4O2/c1-9(19)17-11-2-4-12(5-3-11)18-14(20)10-6-7-16-13(15)8-10/h2-8H,1H3,(H2,15,16)(H,17,19)(H,18,20). The van der Waals surface area contributed by atoms with Crippen molar-refractivity contribution in [2.75, 3.05) is 16.4 Å². The van der Waals surface area contributed by atoms with Crippen LogP contribution in [0, 0.1) is 0 Å². The predicted octanol–water partition coefficient (Wildman–Crippen LogP) is 1.87. The first kappa shape index (κ1) is 13.5. The molecule has 0 bridgehead atoms. The van der Waals surface area contributed by atoms with E-state index in [1.807, 2.05) is 0 Å². The molecular formula is C14H14N4O2. The van der Waals surface area contributed by atoms with Crippen LogP contribution in [0.5, 0.6) is 0 Å². The number of anilines is 3. The van der Waals surface area contributed by atoms with E-state index >= 15 is 0 Å². The summed E-state index contributed by atoms with van der Waals surface area (Å²) in [6, 6.07) is 9.90. The monoisotopic (exact) mass is 270 g/mol. The first-order chi connectivity index (χ1) is 9.54. The van der Waals surface area contributed by atoms with Crippen molar-refractivity contribution in [1.82, 2.24) is 4.98 Å². The maximum absolute atomic E-state index is 12.0. The molecule has 0 fully saturated rings. The Labute approximate surface area is 116 Å². The maximum atomic E-state index is 12.0. The van der Waals surface area contributed by atoms with Gasteiger partial charge < -0.3 is 16.4 Å². The maximum Gasteiger partial charge on any atom is 0.255 e. The number of pyridine rings is 1. The van der Waals surface area contributed by atoms with Gasteiger partial charge in [0.2, 0.25) is 5.91 Å². The van der Waals surface area contributed by atoms with Crippen LogP contribution in [0.2, 0.25) is 0 Å². The molecule has 6 nitrogen and oxygen atoms in total. The minimum absolute atomic E-state index is 0.144. The van der Waals surface area contributed by atoms with E-state index in [-0.39, 0.29) is 11.8 Å². The molecule has 1 aromatic heterocycles. The number of carbonyl (C=O) groups excluding carboxylic acids is 2. The van der Waals surface area contributed by atoms with Crippen LogP contribution in [0.4, 0.5) is 17.2 Å². The summed E-state index contributed by atoms with van der Waals surface area (Å²) in [5, 5.41) is 5.38. The lowest BCUT2D eigenvalue weighted by molar-refractivity contribution is -0.114. The zero-order valence-corrected chi connectivity index (χ0v) is 10.9. The first-order valence-electron chi connectivity index (χ1n) is 5.95. The Bertz CT molecular complexity index is 638. The van der Waals surface area contributed by atoms with Gasteiger partial charge >= 0.3 is 0 Å². The number of nitrogens with two attached hydrogens (primary N) is 1. The molecule has 0 radical (unpaired) electrons. The van der Waals surface area contributed by atoms with Gasteiger partial charge in [-0.05, 0) is 36.4 Å². The Hall–Kier alpha value is -2.89. The lowest BCUT2D eigenvalue weighted by atomic mass is 10.2. The molecule has 0 saturated heterocycles. The fraction of sp³-hybridized carbons (Fsp3) is 0.0714. The summed E-state index contributed by atoms with van der Waals surface area (Å²) in [5.74, 6) is -0.126. The normalized spacial score (nSPS) is 9.85. The van der Waals surface area contributed by atoms with Crippen LogP contribution in [-0.2, 0) is 4.79 Å². The molecule has 102 valence electrons. The van der Waals surface area contributed by atoms with Gasteiger partial charge in [0.25, 0.3) is 5.91 Å². The Balaban J connectivity index is 2.06. The van der Waals surface area contributed by atoms with Gasteiger partial charge in [-0.2, -0.15) is 0 Å². The summed E-state index contributed by atoms with van der Waals surface area (Å²) in [6.45, 7) is 1.43. The zero-order chi connectivity index (χ0) is 14.5. The summed E-state index contributed by atoms with van der Waals surface area (Å²) >= 11 is 0. The van der Waals surface area contributed by atoms with Crippen LogP contribution in [0.25, 0.3) is 0 Å². The zero-order valence-electron chi connectivity index (χ0n) is 10.9. The predicted molar refractivity (Wildman–Crippen MR) is 77.3 cm³/mol. The van der Waals surface area contributed by atoms with Gasteiger partial charge in [-0.3, -0.25) is 9.59 Å². The highest BCUT2D eigenvalue weighted by atomic mass is 16.2.